The molecule has 0 radical (unpaired) electrons. The fraction of sp³-hybridized carbons (Fsp3) is 0.538. The molecular formula is C13H24B4. The van der Waals surface area contributed by atoms with Crippen LogP contribution in [0.15, 0.2) is 18.2 Å². The Bertz CT molecular complexity index is 365. The second kappa shape index (κ2) is 4.63. The molecule has 1 rings (SSSR count). The Morgan fingerprint density at radius 2 is 1.24 bits per heavy atom. The molecule has 88 valence electrons. The molecule has 4 heteroatoms. The van der Waals surface area contributed by atoms with Crippen molar-refractivity contribution in [1.29, 1.82) is 0 Å². The first kappa shape index (κ1) is 14.5. The number of rotatable bonds is 3. The van der Waals surface area contributed by atoms with Gasteiger partial charge in [0, 0.05) is 0 Å². The van der Waals surface area contributed by atoms with E-state index >= 15 is 0 Å². The Kier molecular flexibility index (Phi) is 3.96. The Hall–Kier alpha value is -0.520. The second-order valence-corrected chi connectivity index (χ2v) is 7.42. The minimum absolute atomic E-state index is 0.223. The molecule has 0 saturated carbocycles. The maximum Gasteiger partial charge on any atom is 0.104 e. The van der Waals surface area contributed by atoms with Gasteiger partial charge in [0.1, 0.15) is 31.4 Å². The standard InChI is InChI=1S/C13H24B4/c1-8(2)11-9(12(3,14)15)6-5-7-10(11)13(4,16)17/h5-8H,14-17H2,1-4H3. The lowest BCUT2D eigenvalue weighted by molar-refractivity contribution is 0.785. The van der Waals surface area contributed by atoms with Crippen LogP contribution in [0.25, 0.3) is 0 Å². The Balaban J connectivity index is 3.55. The average Bonchev–Trinajstić information content (AvgIpc) is 2.13. The fourth-order valence-electron chi connectivity index (χ4n) is 2.50. The molecule has 0 atom stereocenters. The smallest absolute Gasteiger partial charge is 0.0699 e. The third kappa shape index (κ3) is 3.24. The molecule has 17 heavy (non-hydrogen) atoms. The largest absolute Gasteiger partial charge is 0.104 e. The molecule has 0 aromatic heterocycles. The predicted octanol–water partition coefficient (Wildman–Crippen LogP) is -0.312. The third-order valence-corrected chi connectivity index (χ3v) is 3.30. The third-order valence-electron chi connectivity index (χ3n) is 3.30. The zero-order valence-corrected chi connectivity index (χ0v) is 12.8. The van der Waals surface area contributed by atoms with Gasteiger partial charge in [0.15, 0.2) is 0 Å². The van der Waals surface area contributed by atoms with Crippen LogP contribution in [0, 0.1) is 0 Å². The van der Waals surface area contributed by atoms with Gasteiger partial charge in [-0.2, -0.15) is 0 Å². The normalized spacial score (nSPS) is 13.0. The fourth-order valence-corrected chi connectivity index (χ4v) is 2.50. The molecule has 0 nitrogen and oxygen atoms in total. The van der Waals surface area contributed by atoms with Gasteiger partial charge in [-0.1, -0.05) is 67.4 Å². The van der Waals surface area contributed by atoms with E-state index in [1.165, 1.54) is 11.1 Å². The maximum atomic E-state index is 2.31. The molecule has 0 amide bonds. The summed E-state index contributed by atoms with van der Waals surface area (Å²) in [7, 11) is 9.22. The first-order valence-electron chi connectivity index (χ1n) is 6.69. The van der Waals surface area contributed by atoms with Crippen molar-refractivity contribution in [3.63, 3.8) is 0 Å². The van der Waals surface area contributed by atoms with Crippen molar-refractivity contribution in [2.75, 3.05) is 0 Å². The van der Waals surface area contributed by atoms with Gasteiger partial charge in [-0.05, 0) is 11.5 Å². The summed E-state index contributed by atoms with van der Waals surface area (Å²) in [5.41, 5.74) is 4.55. The van der Waals surface area contributed by atoms with E-state index in [1.54, 1.807) is 5.56 Å². The summed E-state index contributed by atoms with van der Waals surface area (Å²) in [4.78, 5) is 0. The Labute approximate surface area is 111 Å². The van der Waals surface area contributed by atoms with Crippen molar-refractivity contribution in [2.24, 2.45) is 0 Å². The van der Waals surface area contributed by atoms with Gasteiger partial charge >= 0.3 is 0 Å². The minimum atomic E-state index is 0.223. The zero-order valence-electron chi connectivity index (χ0n) is 12.8. The van der Waals surface area contributed by atoms with Gasteiger partial charge in [0.05, 0.1) is 0 Å². The average molecular weight is 224 g/mol. The highest BCUT2D eigenvalue weighted by Gasteiger charge is 2.26. The molecule has 0 saturated heterocycles. The quantitative estimate of drug-likeness (QED) is 0.617. The summed E-state index contributed by atoms with van der Waals surface area (Å²) >= 11 is 0. The monoisotopic (exact) mass is 224 g/mol. The molecular weight excluding hydrogens is 199 g/mol. The molecule has 0 heterocycles. The van der Waals surface area contributed by atoms with Crippen molar-refractivity contribution in [3.8, 4) is 0 Å². The summed E-state index contributed by atoms with van der Waals surface area (Å²) < 4.78 is 0. The first-order chi connectivity index (χ1) is 7.55. The van der Waals surface area contributed by atoms with E-state index in [1.807, 2.05) is 0 Å². The van der Waals surface area contributed by atoms with E-state index in [0.29, 0.717) is 5.92 Å². The number of hydrogen-bond acceptors (Lipinski definition) is 0. The summed E-state index contributed by atoms with van der Waals surface area (Å²) in [6.45, 7) is 9.22. The van der Waals surface area contributed by atoms with Crippen molar-refractivity contribution in [2.45, 2.75) is 44.0 Å². The van der Waals surface area contributed by atoms with E-state index in [2.05, 4.69) is 77.3 Å². The lowest BCUT2D eigenvalue weighted by Gasteiger charge is -2.32. The van der Waals surface area contributed by atoms with E-state index < -0.39 is 0 Å². The molecule has 0 aliphatic rings. The molecule has 0 bridgehead atoms. The van der Waals surface area contributed by atoms with E-state index in [9.17, 15) is 0 Å². The van der Waals surface area contributed by atoms with E-state index in [-0.39, 0.29) is 10.4 Å². The van der Waals surface area contributed by atoms with Crippen LogP contribution >= 0.6 is 0 Å². The van der Waals surface area contributed by atoms with Gasteiger partial charge < -0.3 is 0 Å². The highest BCUT2D eigenvalue weighted by Crippen LogP contribution is 2.34. The maximum absolute atomic E-state index is 2.31. The van der Waals surface area contributed by atoms with Crippen LogP contribution in [0.4, 0.5) is 0 Å². The van der Waals surface area contributed by atoms with Crippen molar-refractivity contribution in [3.05, 3.63) is 34.9 Å². The highest BCUT2D eigenvalue weighted by molar-refractivity contribution is 6.41. The summed E-state index contributed by atoms with van der Waals surface area (Å²) in [6, 6.07) is 6.81. The molecule has 0 N–H and O–H groups in total. The van der Waals surface area contributed by atoms with Crippen LogP contribution in [0.3, 0.4) is 0 Å². The van der Waals surface area contributed by atoms with Gasteiger partial charge in [-0.3, -0.25) is 0 Å². The van der Waals surface area contributed by atoms with Gasteiger partial charge in [0.25, 0.3) is 0 Å². The summed E-state index contributed by atoms with van der Waals surface area (Å²) in [5.74, 6) is 0.583. The van der Waals surface area contributed by atoms with Crippen LogP contribution in [0.5, 0.6) is 0 Å². The number of hydrogen-bond donors (Lipinski definition) is 0. The lowest BCUT2D eigenvalue weighted by Crippen LogP contribution is -2.29. The van der Waals surface area contributed by atoms with Crippen molar-refractivity contribution < 1.29 is 0 Å². The minimum Gasteiger partial charge on any atom is -0.0699 e. The molecule has 0 fully saturated rings. The molecule has 0 aliphatic heterocycles. The van der Waals surface area contributed by atoms with Gasteiger partial charge in [-0.15, -0.1) is 0 Å². The van der Waals surface area contributed by atoms with Gasteiger partial charge in [-0.25, -0.2) is 0 Å². The molecule has 0 unspecified atom stereocenters. The zero-order chi connectivity index (χ0) is 13.4. The summed E-state index contributed by atoms with van der Waals surface area (Å²) in [5, 5.41) is 0.446. The van der Waals surface area contributed by atoms with Crippen LogP contribution in [0.2, 0.25) is 0 Å². The number of benzene rings is 1. The van der Waals surface area contributed by atoms with Crippen LogP contribution in [0.1, 0.15) is 50.3 Å². The first-order valence-corrected chi connectivity index (χ1v) is 6.69. The van der Waals surface area contributed by atoms with E-state index in [4.69, 9.17) is 0 Å². The topological polar surface area (TPSA) is 0 Å². The second-order valence-electron chi connectivity index (χ2n) is 7.42. The molecule has 1 aromatic rings. The predicted molar refractivity (Wildman–Crippen MR) is 89.4 cm³/mol. The van der Waals surface area contributed by atoms with Gasteiger partial charge in [0.2, 0.25) is 0 Å². The summed E-state index contributed by atoms with van der Waals surface area (Å²) in [6.07, 6.45) is 0. The highest BCUT2D eigenvalue weighted by atomic mass is 14.2. The van der Waals surface area contributed by atoms with Crippen molar-refractivity contribution >= 4 is 31.4 Å². The van der Waals surface area contributed by atoms with Crippen LogP contribution in [-0.2, 0) is 10.4 Å². The molecule has 0 spiro atoms. The van der Waals surface area contributed by atoms with E-state index in [0.717, 1.165) is 0 Å². The SMILES string of the molecule is BC(B)(C)c1cccc(C(B)(B)C)c1C(C)C. The van der Waals surface area contributed by atoms with Crippen LogP contribution < -0.4 is 0 Å². The lowest BCUT2D eigenvalue weighted by atomic mass is 9.47. The molecule has 1 aromatic carbocycles. The van der Waals surface area contributed by atoms with Crippen LogP contribution in [-0.4, -0.2) is 31.4 Å². The Morgan fingerprint density at radius 1 is 0.882 bits per heavy atom. The van der Waals surface area contributed by atoms with Crippen molar-refractivity contribution in [1.82, 2.24) is 0 Å². The Morgan fingerprint density at radius 3 is 1.47 bits per heavy atom. The molecule has 0 aliphatic carbocycles.